The van der Waals surface area contributed by atoms with Crippen LogP contribution in [0.2, 0.25) is 0 Å². The van der Waals surface area contributed by atoms with E-state index in [1.54, 1.807) is 18.2 Å². The average molecular weight is 443 g/mol. The first-order valence-corrected chi connectivity index (χ1v) is 10.3. The molecule has 9 heteroatoms. The summed E-state index contributed by atoms with van der Waals surface area (Å²) in [5, 5.41) is 2.70. The molecule has 0 aromatic heterocycles. The van der Waals surface area contributed by atoms with E-state index in [-0.39, 0.29) is 11.3 Å². The highest BCUT2D eigenvalue weighted by molar-refractivity contribution is 5.97. The van der Waals surface area contributed by atoms with Crippen molar-refractivity contribution in [3.05, 3.63) is 35.9 Å². The number of benzene rings is 2. The SMILES string of the molecule is COc1cc(OC)c(C(=O)OCC(=O)Nc2ccc3c(c2)OC2(CCCC2)O3)cc1OC. The first-order valence-electron chi connectivity index (χ1n) is 10.3. The summed E-state index contributed by atoms with van der Waals surface area (Å²) in [6.45, 7) is -0.477. The molecule has 0 unspecified atom stereocenters. The quantitative estimate of drug-likeness (QED) is 0.649. The van der Waals surface area contributed by atoms with Crippen LogP contribution in [0.25, 0.3) is 0 Å². The standard InChI is InChI=1S/C23H25NO8/c1-27-17-12-19(29-3)18(28-2)11-15(17)22(26)30-13-21(25)24-14-6-7-16-20(10-14)32-23(31-16)8-4-5-9-23/h6-7,10-12H,4-5,8-9,13H2,1-3H3,(H,24,25). The molecule has 1 spiro atoms. The molecule has 1 N–H and O–H groups in total. The number of carbonyl (C=O) groups excluding carboxylic acids is 2. The molecule has 1 amide bonds. The van der Waals surface area contributed by atoms with E-state index < -0.39 is 24.3 Å². The second-order valence-corrected chi connectivity index (χ2v) is 7.52. The maximum absolute atomic E-state index is 12.5. The first kappa shape index (κ1) is 21.6. The summed E-state index contributed by atoms with van der Waals surface area (Å²) >= 11 is 0. The number of amides is 1. The van der Waals surface area contributed by atoms with Crippen molar-refractivity contribution >= 4 is 17.6 Å². The summed E-state index contributed by atoms with van der Waals surface area (Å²) in [5.74, 6) is 0.446. The minimum atomic E-state index is -0.730. The van der Waals surface area contributed by atoms with Gasteiger partial charge in [-0.15, -0.1) is 0 Å². The Kier molecular flexibility index (Phi) is 5.98. The van der Waals surface area contributed by atoms with Gasteiger partial charge in [0.15, 0.2) is 29.6 Å². The summed E-state index contributed by atoms with van der Waals surface area (Å²) in [7, 11) is 4.34. The molecule has 2 aromatic carbocycles. The molecule has 0 bridgehead atoms. The first-order chi connectivity index (χ1) is 15.5. The number of fused-ring (bicyclic) bond motifs is 1. The Morgan fingerprint density at radius 3 is 2.25 bits per heavy atom. The number of ether oxygens (including phenoxy) is 6. The summed E-state index contributed by atoms with van der Waals surface area (Å²) < 4.78 is 32.8. The molecule has 32 heavy (non-hydrogen) atoms. The third kappa shape index (κ3) is 4.23. The molecular formula is C23H25NO8. The summed E-state index contributed by atoms with van der Waals surface area (Å²) in [6, 6.07) is 8.14. The van der Waals surface area contributed by atoms with E-state index in [4.69, 9.17) is 28.4 Å². The van der Waals surface area contributed by atoms with Crippen LogP contribution >= 0.6 is 0 Å². The third-order valence-electron chi connectivity index (χ3n) is 5.44. The molecule has 0 atom stereocenters. The maximum atomic E-state index is 12.5. The van der Waals surface area contributed by atoms with Gasteiger partial charge in [-0.25, -0.2) is 4.79 Å². The predicted octanol–water partition coefficient (Wildman–Crippen LogP) is 3.55. The predicted molar refractivity (Wildman–Crippen MR) is 114 cm³/mol. The van der Waals surface area contributed by atoms with Gasteiger partial charge in [-0.2, -0.15) is 0 Å². The number of anilines is 1. The van der Waals surface area contributed by atoms with Crippen molar-refractivity contribution < 1.29 is 38.0 Å². The lowest BCUT2D eigenvalue weighted by Gasteiger charge is -2.21. The summed E-state index contributed by atoms with van der Waals surface area (Å²) in [6.07, 6.45) is 3.82. The number of esters is 1. The molecule has 2 aromatic rings. The van der Waals surface area contributed by atoms with Gasteiger partial charge < -0.3 is 33.7 Å². The van der Waals surface area contributed by atoms with Crippen LogP contribution < -0.4 is 29.0 Å². The smallest absolute Gasteiger partial charge is 0.342 e. The zero-order chi connectivity index (χ0) is 22.7. The van der Waals surface area contributed by atoms with Crippen molar-refractivity contribution in [2.75, 3.05) is 33.3 Å². The Morgan fingerprint density at radius 2 is 1.56 bits per heavy atom. The van der Waals surface area contributed by atoms with Gasteiger partial charge in [0.25, 0.3) is 11.7 Å². The molecule has 1 aliphatic carbocycles. The lowest BCUT2D eigenvalue weighted by atomic mass is 10.1. The van der Waals surface area contributed by atoms with Gasteiger partial charge in [0.2, 0.25) is 0 Å². The molecule has 1 heterocycles. The highest BCUT2D eigenvalue weighted by atomic mass is 16.7. The second-order valence-electron chi connectivity index (χ2n) is 7.52. The fourth-order valence-electron chi connectivity index (χ4n) is 3.88. The van der Waals surface area contributed by atoms with Crippen molar-refractivity contribution in [3.63, 3.8) is 0 Å². The Balaban J connectivity index is 1.37. The molecule has 1 saturated carbocycles. The summed E-state index contributed by atoms with van der Waals surface area (Å²) in [4.78, 5) is 24.9. The highest BCUT2D eigenvalue weighted by Crippen LogP contribution is 2.47. The van der Waals surface area contributed by atoms with Gasteiger partial charge in [-0.05, 0) is 25.0 Å². The maximum Gasteiger partial charge on any atom is 0.342 e. The van der Waals surface area contributed by atoms with E-state index in [0.29, 0.717) is 28.7 Å². The monoisotopic (exact) mass is 443 g/mol. The largest absolute Gasteiger partial charge is 0.496 e. The van der Waals surface area contributed by atoms with Crippen LogP contribution in [-0.2, 0) is 9.53 Å². The van der Waals surface area contributed by atoms with Crippen LogP contribution in [0.5, 0.6) is 28.7 Å². The number of hydrogen-bond donors (Lipinski definition) is 1. The Hall–Kier alpha value is -3.62. The number of methoxy groups -OCH3 is 3. The minimum absolute atomic E-state index is 0.114. The van der Waals surface area contributed by atoms with Gasteiger partial charge in [-0.1, -0.05) is 0 Å². The lowest BCUT2D eigenvalue weighted by molar-refractivity contribution is -0.119. The van der Waals surface area contributed by atoms with E-state index in [2.05, 4.69) is 5.32 Å². The Morgan fingerprint density at radius 1 is 0.906 bits per heavy atom. The molecule has 9 nitrogen and oxygen atoms in total. The fourth-order valence-corrected chi connectivity index (χ4v) is 3.88. The number of hydrogen-bond acceptors (Lipinski definition) is 8. The Labute approximate surface area is 185 Å². The molecule has 0 saturated heterocycles. The van der Waals surface area contributed by atoms with E-state index in [1.807, 2.05) is 0 Å². The normalized spacial score (nSPS) is 15.3. The average Bonchev–Trinajstić information content (AvgIpc) is 3.41. The second kappa shape index (κ2) is 8.86. The zero-order valence-corrected chi connectivity index (χ0v) is 18.2. The van der Waals surface area contributed by atoms with E-state index in [9.17, 15) is 9.59 Å². The van der Waals surface area contributed by atoms with E-state index in [1.165, 1.54) is 33.5 Å². The molecule has 170 valence electrons. The van der Waals surface area contributed by atoms with Crippen molar-refractivity contribution in [2.45, 2.75) is 31.5 Å². The number of rotatable bonds is 7. The van der Waals surface area contributed by atoms with Gasteiger partial charge in [-0.3, -0.25) is 4.79 Å². The van der Waals surface area contributed by atoms with Crippen molar-refractivity contribution in [1.29, 1.82) is 0 Å². The van der Waals surface area contributed by atoms with Gasteiger partial charge in [0, 0.05) is 36.7 Å². The van der Waals surface area contributed by atoms with Gasteiger partial charge in [0.1, 0.15) is 11.3 Å². The number of nitrogens with one attached hydrogen (secondary N) is 1. The van der Waals surface area contributed by atoms with Crippen molar-refractivity contribution in [1.82, 2.24) is 0 Å². The highest BCUT2D eigenvalue weighted by Gasteiger charge is 2.44. The third-order valence-corrected chi connectivity index (χ3v) is 5.44. The molecule has 4 rings (SSSR count). The van der Waals surface area contributed by atoms with Crippen molar-refractivity contribution in [2.24, 2.45) is 0 Å². The van der Waals surface area contributed by atoms with Gasteiger partial charge >= 0.3 is 5.97 Å². The van der Waals surface area contributed by atoms with Gasteiger partial charge in [0.05, 0.1) is 21.3 Å². The van der Waals surface area contributed by atoms with Crippen molar-refractivity contribution in [3.8, 4) is 28.7 Å². The lowest BCUT2D eigenvalue weighted by Crippen LogP contribution is -2.34. The van der Waals surface area contributed by atoms with Crippen LogP contribution in [0, 0.1) is 0 Å². The van der Waals surface area contributed by atoms with E-state index in [0.717, 1.165) is 25.7 Å². The molecule has 0 radical (unpaired) electrons. The van der Waals surface area contributed by atoms with E-state index >= 15 is 0 Å². The molecule has 2 aliphatic rings. The summed E-state index contributed by atoms with van der Waals surface area (Å²) in [5.41, 5.74) is 0.634. The minimum Gasteiger partial charge on any atom is -0.496 e. The zero-order valence-electron chi connectivity index (χ0n) is 18.2. The molecular weight excluding hydrogens is 418 g/mol. The number of carbonyl (C=O) groups is 2. The molecule has 1 fully saturated rings. The Bertz CT molecular complexity index is 1030. The topological polar surface area (TPSA) is 102 Å². The van der Waals surface area contributed by atoms with Crippen LogP contribution in [-0.4, -0.2) is 45.6 Å². The fraction of sp³-hybridized carbons (Fsp3) is 0.391. The van der Waals surface area contributed by atoms with Crippen LogP contribution in [0.4, 0.5) is 5.69 Å². The van der Waals surface area contributed by atoms with Crippen LogP contribution in [0.1, 0.15) is 36.0 Å². The van der Waals surface area contributed by atoms with Crippen LogP contribution in [0.3, 0.4) is 0 Å². The van der Waals surface area contributed by atoms with Crippen LogP contribution in [0.15, 0.2) is 30.3 Å². The molecule has 1 aliphatic heterocycles.